The number of carbonyl (C=O) groups excluding carboxylic acids is 2. The van der Waals surface area contributed by atoms with Gasteiger partial charge in [-0.1, -0.05) is 30.3 Å². The van der Waals surface area contributed by atoms with Crippen LogP contribution in [0.5, 0.6) is 0 Å². The number of hydrogen-bond acceptors (Lipinski definition) is 4. The van der Waals surface area contributed by atoms with Gasteiger partial charge in [0, 0.05) is 38.8 Å². The molecule has 3 aliphatic heterocycles. The minimum atomic E-state index is -0.156. The van der Waals surface area contributed by atoms with Gasteiger partial charge in [0.15, 0.2) is 0 Å². The highest BCUT2D eigenvalue weighted by Crippen LogP contribution is 2.44. The molecule has 3 heterocycles. The first-order valence-corrected chi connectivity index (χ1v) is 10.2. The molecule has 27 heavy (non-hydrogen) atoms. The molecule has 2 unspecified atom stereocenters. The molecule has 2 amide bonds. The summed E-state index contributed by atoms with van der Waals surface area (Å²) in [6.45, 7) is 3.73. The minimum Gasteiger partial charge on any atom is -0.396 e. The summed E-state index contributed by atoms with van der Waals surface area (Å²) >= 11 is 0. The molecule has 3 aliphatic rings. The number of rotatable bonds is 5. The maximum Gasteiger partial charge on any atom is 0.237 e. The van der Waals surface area contributed by atoms with Crippen molar-refractivity contribution < 1.29 is 14.7 Å². The number of fused-ring (bicyclic) bond motifs is 1. The smallest absolute Gasteiger partial charge is 0.237 e. The van der Waals surface area contributed by atoms with Crippen molar-refractivity contribution in [3.63, 3.8) is 0 Å². The van der Waals surface area contributed by atoms with E-state index in [1.54, 1.807) is 0 Å². The lowest BCUT2D eigenvalue weighted by Gasteiger charge is -2.40. The minimum absolute atomic E-state index is 0.0757. The topological polar surface area (TPSA) is 64.1 Å². The number of hydrogen-bond donors (Lipinski definition) is 1. The highest BCUT2D eigenvalue weighted by molar-refractivity contribution is 5.85. The molecule has 6 heteroatoms. The molecule has 0 aliphatic carbocycles. The number of carbonyl (C=O) groups is 2. The quantitative estimate of drug-likeness (QED) is 0.847. The van der Waals surface area contributed by atoms with Crippen LogP contribution in [-0.4, -0.2) is 77.0 Å². The van der Waals surface area contributed by atoms with Gasteiger partial charge in [0.05, 0.1) is 18.5 Å². The maximum absolute atomic E-state index is 13.3. The van der Waals surface area contributed by atoms with Gasteiger partial charge >= 0.3 is 0 Å². The highest BCUT2D eigenvalue weighted by atomic mass is 16.3. The molecule has 6 nitrogen and oxygen atoms in total. The van der Waals surface area contributed by atoms with Crippen LogP contribution in [0, 0.1) is 5.92 Å². The average Bonchev–Trinajstić information content (AvgIpc) is 3.34. The first-order valence-electron chi connectivity index (χ1n) is 10.2. The van der Waals surface area contributed by atoms with Crippen molar-refractivity contribution in [1.82, 2.24) is 14.7 Å². The lowest BCUT2D eigenvalue weighted by Crippen LogP contribution is -2.54. The lowest BCUT2D eigenvalue weighted by atomic mass is 9.92. The van der Waals surface area contributed by atoms with Gasteiger partial charge in [-0.3, -0.25) is 14.5 Å². The number of benzene rings is 1. The van der Waals surface area contributed by atoms with Crippen molar-refractivity contribution in [3.05, 3.63) is 35.9 Å². The first-order chi connectivity index (χ1) is 13.2. The van der Waals surface area contributed by atoms with Crippen molar-refractivity contribution in [3.8, 4) is 0 Å². The third-order valence-corrected chi connectivity index (χ3v) is 6.22. The summed E-state index contributed by atoms with van der Waals surface area (Å²) < 4.78 is 0. The van der Waals surface area contributed by atoms with E-state index in [1.165, 1.54) is 0 Å². The van der Waals surface area contributed by atoms with Gasteiger partial charge in [-0.05, 0) is 31.2 Å². The standard InChI is InChI=1S/C21H29N3O3/c25-12-6-9-22-14-17-13-18(21(27)23-10-4-5-11-23)20(24(17)19(26)15-22)16-7-2-1-3-8-16/h1-3,7-8,17-18,20,25H,4-6,9-15H2/t17-,18?,20?/m0/s1. The Morgan fingerprint density at radius 1 is 1.15 bits per heavy atom. The molecule has 4 rings (SSSR count). The van der Waals surface area contributed by atoms with E-state index in [-0.39, 0.29) is 36.4 Å². The second-order valence-electron chi connectivity index (χ2n) is 8.00. The SMILES string of the molecule is O=C(C1C[C@H]2CN(CCCO)CC(=O)N2C1c1ccccc1)N1CCCC1. The molecule has 0 aromatic heterocycles. The Balaban J connectivity index is 1.61. The Labute approximate surface area is 160 Å². The Morgan fingerprint density at radius 3 is 2.59 bits per heavy atom. The second-order valence-corrected chi connectivity index (χ2v) is 8.00. The van der Waals surface area contributed by atoms with Crippen molar-refractivity contribution >= 4 is 11.8 Å². The summed E-state index contributed by atoms with van der Waals surface area (Å²) in [6, 6.07) is 9.96. The van der Waals surface area contributed by atoms with Crippen LogP contribution in [-0.2, 0) is 9.59 Å². The number of likely N-dealkylation sites (tertiary alicyclic amines) is 1. The number of nitrogens with zero attached hydrogens (tertiary/aromatic N) is 3. The van der Waals surface area contributed by atoms with E-state index in [0.717, 1.165) is 51.0 Å². The summed E-state index contributed by atoms with van der Waals surface area (Å²) in [5, 5.41) is 9.10. The van der Waals surface area contributed by atoms with Crippen LogP contribution in [0.4, 0.5) is 0 Å². The second kappa shape index (κ2) is 7.98. The summed E-state index contributed by atoms with van der Waals surface area (Å²) in [7, 11) is 0. The van der Waals surface area contributed by atoms with E-state index < -0.39 is 0 Å². The fraction of sp³-hybridized carbons (Fsp3) is 0.619. The molecule has 0 radical (unpaired) electrons. The van der Waals surface area contributed by atoms with Crippen LogP contribution in [0.1, 0.15) is 37.3 Å². The molecule has 0 bridgehead atoms. The van der Waals surface area contributed by atoms with Crippen molar-refractivity contribution in [2.24, 2.45) is 5.92 Å². The maximum atomic E-state index is 13.3. The van der Waals surface area contributed by atoms with Crippen molar-refractivity contribution in [2.75, 3.05) is 39.3 Å². The molecule has 3 atom stereocenters. The van der Waals surface area contributed by atoms with E-state index in [1.807, 2.05) is 40.1 Å². The van der Waals surface area contributed by atoms with Crippen LogP contribution >= 0.6 is 0 Å². The van der Waals surface area contributed by atoms with E-state index in [4.69, 9.17) is 5.11 Å². The fourth-order valence-corrected chi connectivity index (χ4v) is 5.03. The van der Waals surface area contributed by atoms with Crippen molar-refractivity contribution in [1.29, 1.82) is 0 Å². The lowest BCUT2D eigenvalue weighted by molar-refractivity contribution is -0.142. The molecule has 3 fully saturated rings. The normalized spacial score (nSPS) is 28.6. The molecule has 1 aromatic rings. The molecule has 1 aromatic carbocycles. The molecule has 0 spiro atoms. The third-order valence-electron chi connectivity index (χ3n) is 6.22. The van der Waals surface area contributed by atoms with Gasteiger partial charge in [0.25, 0.3) is 0 Å². The van der Waals surface area contributed by atoms with Crippen LogP contribution in [0.2, 0.25) is 0 Å². The van der Waals surface area contributed by atoms with Crippen LogP contribution in [0.15, 0.2) is 30.3 Å². The third kappa shape index (κ3) is 3.60. The monoisotopic (exact) mass is 371 g/mol. The Kier molecular flexibility index (Phi) is 5.45. The average molecular weight is 371 g/mol. The Morgan fingerprint density at radius 2 is 1.89 bits per heavy atom. The summed E-state index contributed by atoms with van der Waals surface area (Å²) in [6.07, 6.45) is 3.57. The van der Waals surface area contributed by atoms with Crippen LogP contribution < -0.4 is 0 Å². The van der Waals surface area contributed by atoms with Gasteiger partial charge in [-0.25, -0.2) is 0 Å². The van der Waals surface area contributed by atoms with Gasteiger partial charge in [-0.15, -0.1) is 0 Å². The molecule has 3 saturated heterocycles. The molecule has 146 valence electrons. The number of aliphatic hydroxyl groups is 1. The van der Waals surface area contributed by atoms with E-state index >= 15 is 0 Å². The highest BCUT2D eigenvalue weighted by Gasteiger charge is 2.50. The van der Waals surface area contributed by atoms with Gasteiger partial charge in [0.2, 0.25) is 11.8 Å². The first kappa shape index (κ1) is 18.4. The summed E-state index contributed by atoms with van der Waals surface area (Å²) in [5.74, 6) is 0.164. The van der Waals surface area contributed by atoms with E-state index in [2.05, 4.69) is 4.90 Å². The fourth-order valence-electron chi connectivity index (χ4n) is 5.03. The van der Waals surface area contributed by atoms with Gasteiger partial charge in [0.1, 0.15) is 0 Å². The Hall–Kier alpha value is -1.92. The zero-order chi connectivity index (χ0) is 18.8. The summed E-state index contributed by atoms with van der Waals surface area (Å²) in [4.78, 5) is 32.4. The summed E-state index contributed by atoms with van der Waals surface area (Å²) in [5.41, 5.74) is 1.06. The number of piperazine rings is 1. The van der Waals surface area contributed by atoms with Crippen LogP contribution in [0.3, 0.4) is 0 Å². The predicted molar refractivity (Wildman–Crippen MR) is 102 cm³/mol. The zero-order valence-electron chi connectivity index (χ0n) is 15.8. The largest absolute Gasteiger partial charge is 0.396 e. The predicted octanol–water partition coefficient (Wildman–Crippen LogP) is 1.27. The number of aliphatic hydroxyl groups excluding tert-OH is 1. The molecular weight excluding hydrogens is 342 g/mol. The van der Waals surface area contributed by atoms with Gasteiger partial charge < -0.3 is 14.9 Å². The molecule has 1 N–H and O–H groups in total. The van der Waals surface area contributed by atoms with Gasteiger partial charge in [-0.2, -0.15) is 0 Å². The van der Waals surface area contributed by atoms with E-state index in [9.17, 15) is 9.59 Å². The van der Waals surface area contributed by atoms with Crippen LogP contribution in [0.25, 0.3) is 0 Å². The van der Waals surface area contributed by atoms with Crippen molar-refractivity contribution in [2.45, 2.75) is 37.8 Å². The molecular formula is C21H29N3O3. The molecule has 0 saturated carbocycles. The zero-order valence-corrected chi connectivity index (χ0v) is 15.8. The number of amides is 2. The Bertz CT molecular complexity index is 675. The van der Waals surface area contributed by atoms with E-state index in [0.29, 0.717) is 13.0 Å².